The molecule has 0 spiro atoms. The maximum Gasteiger partial charge on any atom is 0.458 e. The average Bonchev–Trinajstić information content (AvgIpc) is 2.34. The van der Waals surface area contributed by atoms with Crippen molar-refractivity contribution in [3.63, 3.8) is 0 Å². The van der Waals surface area contributed by atoms with Crippen molar-refractivity contribution in [1.82, 2.24) is 0 Å². The Morgan fingerprint density at radius 1 is 1.33 bits per heavy atom. The maximum atomic E-state index is 8.97. The van der Waals surface area contributed by atoms with Gasteiger partial charge >= 0.3 is 7.91 Å². The highest BCUT2D eigenvalue weighted by Crippen LogP contribution is 2.00. The van der Waals surface area contributed by atoms with E-state index in [1.807, 2.05) is 0 Å². The molecule has 0 aliphatic rings. The fraction of sp³-hybridized carbons (Fsp3) is 1.00. The summed E-state index contributed by atoms with van der Waals surface area (Å²) in [5.74, 6) is 0. The van der Waals surface area contributed by atoms with Crippen LogP contribution in [0, 0.1) is 0 Å². The molecule has 0 aliphatic carbocycles. The molecule has 0 aromatic heterocycles. The minimum atomic E-state index is -3.15. The van der Waals surface area contributed by atoms with Crippen LogP contribution in [0.25, 0.3) is 0 Å². The summed E-state index contributed by atoms with van der Waals surface area (Å²) in [4.78, 5) is 0. The molecule has 0 aromatic rings. The number of hydrogen-bond acceptors (Lipinski definition) is 6. The molecule has 1 N–H and O–H groups in total. The molecule has 1 atom stereocenters. The molecule has 18 heavy (non-hydrogen) atoms. The van der Waals surface area contributed by atoms with Crippen LogP contribution in [0.3, 0.4) is 0 Å². The topological polar surface area (TPSA) is 95.9 Å². The van der Waals surface area contributed by atoms with Gasteiger partial charge in [0, 0.05) is 0 Å². The maximum absolute atomic E-state index is 8.97. The second-order valence-electron chi connectivity index (χ2n) is 4.20. The first-order valence-corrected chi connectivity index (χ1v) is 6.94. The molecular formula is C10H24NO6P. The van der Waals surface area contributed by atoms with Crippen LogP contribution in [0.4, 0.5) is 0 Å². The van der Waals surface area contributed by atoms with Crippen LogP contribution in [0.1, 0.15) is 20.8 Å². The zero-order chi connectivity index (χ0) is 14.6. The van der Waals surface area contributed by atoms with Crippen LogP contribution in [-0.4, -0.2) is 55.6 Å². The molecule has 7 nitrogen and oxygen atoms in total. The number of nitrogens with zero attached hydrogens (tertiary/aromatic N) is 1. The average molecular weight is 285 g/mol. The van der Waals surface area contributed by atoms with E-state index in [0.29, 0.717) is 6.61 Å². The quantitative estimate of drug-likeness (QED) is 0.225. The van der Waals surface area contributed by atoms with Gasteiger partial charge in [-0.2, -0.15) is 0 Å². The molecular weight excluding hydrogens is 261 g/mol. The molecule has 0 saturated carbocycles. The van der Waals surface area contributed by atoms with Crippen molar-refractivity contribution in [3.8, 4) is 0 Å². The number of quaternary nitrogens is 1. The lowest BCUT2D eigenvalue weighted by atomic mass is 10.4. The van der Waals surface area contributed by atoms with E-state index in [2.05, 4.69) is 25.6 Å². The third-order valence-electron chi connectivity index (χ3n) is 2.72. The second-order valence-corrected chi connectivity index (χ2v) is 4.79. The fourth-order valence-corrected chi connectivity index (χ4v) is 1.08. The fourth-order valence-electron chi connectivity index (χ4n) is 1.08. The Bertz CT molecular complexity index is 245. The predicted molar refractivity (Wildman–Crippen MR) is 64.0 cm³/mol. The largest absolute Gasteiger partial charge is 0.710 e. The van der Waals surface area contributed by atoms with Gasteiger partial charge in [0.2, 0.25) is 0 Å². The summed E-state index contributed by atoms with van der Waals surface area (Å²) in [5.41, 5.74) is 0. The highest BCUT2D eigenvalue weighted by Gasteiger charge is 2.15. The van der Waals surface area contributed by atoms with E-state index in [1.54, 1.807) is 6.92 Å². The molecule has 0 rings (SSSR count). The third-order valence-corrected chi connectivity index (χ3v) is 2.84. The van der Waals surface area contributed by atoms with Crippen LogP contribution in [0.15, 0.2) is 0 Å². The Kier molecular flexibility index (Phi) is 13.1. The van der Waals surface area contributed by atoms with Gasteiger partial charge in [0.25, 0.3) is 0 Å². The number of ether oxygens (including phenoxy) is 1. The summed E-state index contributed by atoms with van der Waals surface area (Å²) >= 11 is 0. The van der Waals surface area contributed by atoms with Crippen LogP contribution in [0.5, 0.6) is 0 Å². The third kappa shape index (κ3) is 13.8. The summed E-state index contributed by atoms with van der Waals surface area (Å²) in [7, 11) is -0.926. The summed E-state index contributed by atoms with van der Waals surface area (Å²) in [5, 5.41) is 17.5. The lowest BCUT2D eigenvalue weighted by Crippen LogP contribution is -2.46. The first-order valence-electron chi connectivity index (χ1n) is 5.85. The molecule has 110 valence electrons. The monoisotopic (exact) mass is 285 g/mol. The number of aliphatic hydroxyl groups is 1. The summed E-state index contributed by atoms with van der Waals surface area (Å²) < 4.78 is 26.6. The standard InChI is InChI=1S/C10H24NO2.HO4P/c1-5-11(4,6-2)7-8-13-9-10(3)12;1-4-5(2)3/h10,12H,5-9H2,1-4H3;1H/q+1;/p-1. The molecule has 0 saturated heterocycles. The Morgan fingerprint density at radius 3 is 2.06 bits per heavy atom. The highest BCUT2D eigenvalue weighted by molar-refractivity contribution is 7.24. The van der Waals surface area contributed by atoms with Gasteiger partial charge in [-0.05, 0) is 20.8 Å². The Hall–Kier alpha value is -0.300. The minimum absolute atomic E-state index is 0.345. The summed E-state index contributed by atoms with van der Waals surface area (Å²) in [6, 6.07) is 0. The molecule has 1 unspecified atom stereocenters. The molecule has 0 bridgehead atoms. The van der Waals surface area contributed by atoms with E-state index in [9.17, 15) is 0 Å². The van der Waals surface area contributed by atoms with Gasteiger partial charge < -0.3 is 24.3 Å². The Balaban J connectivity index is 0. The van der Waals surface area contributed by atoms with E-state index in [-0.39, 0.29) is 6.10 Å². The number of likely N-dealkylation sites (N-methyl/N-ethyl adjacent to an activating group) is 1. The van der Waals surface area contributed by atoms with Gasteiger partial charge in [-0.25, -0.2) is 9.13 Å². The molecule has 0 amide bonds. The first kappa shape index (κ1) is 20.0. The van der Waals surface area contributed by atoms with Gasteiger partial charge in [0.15, 0.2) is 0 Å². The number of rotatable bonds is 8. The molecule has 0 radical (unpaired) electrons. The van der Waals surface area contributed by atoms with Crippen molar-refractivity contribution in [2.75, 3.05) is 39.9 Å². The van der Waals surface area contributed by atoms with Crippen LogP contribution >= 0.6 is 7.91 Å². The lowest BCUT2D eigenvalue weighted by molar-refractivity contribution is -0.906. The predicted octanol–water partition coefficient (Wildman–Crippen LogP) is 0.236. The minimum Gasteiger partial charge on any atom is -0.710 e. The summed E-state index contributed by atoms with van der Waals surface area (Å²) in [6.45, 7) is 10.6. The van der Waals surface area contributed by atoms with E-state index >= 15 is 0 Å². The first-order chi connectivity index (χ1) is 8.31. The normalized spacial score (nSPS) is 12.6. The molecule has 8 heteroatoms. The van der Waals surface area contributed by atoms with E-state index in [0.717, 1.165) is 30.7 Å². The van der Waals surface area contributed by atoms with Crippen molar-refractivity contribution in [2.45, 2.75) is 26.9 Å². The zero-order valence-electron chi connectivity index (χ0n) is 11.5. The van der Waals surface area contributed by atoms with Gasteiger partial charge in [-0.1, -0.05) is 0 Å². The van der Waals surface area contributed by atoms with Crippen molar-refractivity contribution < 1.29 is 33.4 Å². The van der Waals surface area contributed by atoms with Gasteiger partial charge in [-0.15, -0.1) is 0 Å². The molecule has 0 fully saturated rings. The van der Waals surface area contributed by atoms with E-state index in [1.165, 1.54) is 0 Å². The zero-order valence-corrected chi connectivity index (χ0v) is 12.4. The van der Waals surface area contributed by atoms with Crippen LogP contribution < -0.4 is 5.26 Å². The number of hydrogen-bond donors (Lipinski definition) is 1. The van der Waals surface area contributed by atoms with Gasteiger partial charge in [-0.3, -0.25) is 0 Å². The molecule has 0 aliphatic heterocycles. The number of aliphatic hydroxyl groups excluding tert-OH is 1. The van der Waals surface area contributed by atoms with E-state index < -0.39 is 7.91 Å². The van der Waals surface area contributed by atoms with Gasteiger partial charge in [0.05, 0.1) is 39.5 Å². The smallest absolute Gasteiger partial charge is 0.458 e. The Morgan fingerprint density at radius 2 is 1.78 bits per heavy atom. The second kappa shape index (κ2) is 11.8. The summed E-state index contributed by atoms with van der Waals surface area (Å²) in [6.07, 6.45) is -0.345. The van der Waals surface area contributed by atoms with Crippen molar-refractivity contribution in [3.05, 3.63) is 0 Å². The highest BCUT2D eigenvalue weighted by atomic mass is 31.1. The lowest BCUT2D eigenvalue weighted by Gasteiger charge is -2.31. The van der Waals surface area contributed by atoms with E-state index in [4.69, 9.17) is 24.2 Å². The van der Waals surface area contributed by atoms with Crippen molar-refractivity contribution >= 4 is 7.91 Å². The van der Waals surface area contributed by atoms with Crippen LogP contribution in [-0.2, 0) is 18.5 Å². The van der Waals surface area contributed by atoms with Crippen molar-refractivity contribution in [2.24, 2.45) is 0 Å². The van der Waals surface area contributed by atoms with Crippen LogP contribution in [0.2, 0.25) is 0 Å². The Labute approximate surface area is 109 Å². The SMILES string of the molecule is CC[N+](C)(CC)CCOCC(C)O.O=P(=O)O[O-]. The molecule has 0 heterocycles. The van der Waals surface area contributed by atoms with Crippen molar-refractivity contribution in [1.29, 1.82) is 0 Å². The molecule has 0 aromatic carbocycles. The van der Waals surface area contributed by atoms with Gasteiger partial charge in [0.1, 0.15) is 6.54 Å².